The van der Waals surface area contributed by atoms with E-state index in [-0.39, 0.29) is 12.4 Å². The van der Waals surface area contributed by atoms with E-state index in [1.807, 2.05) is 6.20 Å². The number of aromatic nitrogens is 1. The van der Waals surface area contributed by atoms with Crippen LogP contribution < -0.4 is 11.1 Å². The number of nitrogens with one attached hydrogen (secondary N) is 1. The molecule has 1 aliphatic rings. The number of hydrogen-bond donors (Lipinski definition) is 2. The Morgan fingerprint density at radius 3 is 2.65 bits per heavy atom. The van der Waals surface area contributed by atoms with E-state index in [9.17, 15) is 0 Å². The van der Waals surface area contributed by atoms with Crippen molar-refractivity contribution >= 4 is 28.9 Å². The van der Waals surface area contributed by atoms with E-state index < -0.39 is 0 Å². The number of ether oxygens (including phenoxy) is 1. The molecule has 0 amide bonds. The number of hydrogen-bond acceptors (Lipinski definition) is 6. The molecule has 1 saturated heterocycles. The lowest BCUT2D eigenvalue weighted by atomic mass is 10.0. The van der Waals surface area contributed by atoms with Gasteiger partial charge in [0.1, 0.15) is 0 Å². The normalized spacial score (nSPS) is 16.7. The fourth-order valence-electron chi connectivity index (χ4n) is 2.76. The summed E-state index contributed by atoms with van der Waals surface area (Å²) in [6.45, 7) is 5.30. The van der Waals surface area contributed by atoms with Gasteiger partial charge in [-0.05, 0) is 5.56 Å². The van der Waals surface area contributed by atoms with E-state index in [0.29, 0.717) is 11.2 Å². The quantitative estimate of drug-likeness (QED) is 0.833. The van der Waals surface area contributed by atoms with Gasteiger partial charge in [0.05, 0.1) is 13.2 Å². The summed E-state index contributed by atoms with van der Waals surface area (Å²) in [7, 11) is 0. The lowest BCUT2D eigenvalue weighted by Gasteiger charge is -2.35. The van der Waals surface area contributed by atoms with Crippen molar-refractivity contribution in [3.8, 4) is 0 Å². The third kappa shape index (κ3) is 5.16. The Morgan fingerprint density at radius 1 is 1.26 bits per heavy atom. The van der Waals surface area contributed by atoms with Gasteiger partial charge >= 0.3 is 0 Å². The number of anilines is 1. The summed E-state index contributed by atoms with van der Waals surface area (Å²) in [5.41, 5.74) is 7.02. The van der Waals surface area contributed by atoms with Crippen molar-refractivity contribution in [2.45, 2.75) is 12.6 Å². The Kier molecular flexibility index (Phi) is 7.26. The average molecular weight is 355 g/mol. The molecule has 0 radical (unpaired) electrons. The van der Waals surface area contributed by atoms with Gasteiger partial charge in [-0.1, -0.05) is 30.3 Å². The van der Waals surface area contributed by atoms with Crippen LogP contribution in [-0.4, -0.2) is 42.7 Å². The Bertz CT molecular complexity index is 574. The molecule has 3 N–H and O–H groups in total. The minimum Gasteiger partial charge on any atom is -0.379 e. The molecule has 1 fully saturated rings. The second-order valence-electron chi connectivity index (χ2n) is 5.37. The number of benzene rings is 1. The van der Waals surface area contributed by atoms with Gasteiger partial charge in [0, 0.05) is 43.3 Å². The molecule has 0 spiro atoms. The first-order valence-corrected chi connectivity index (χ1v) is 8.42. The first-order valence-electron chi connectivity index (χ1n) is 7.60. The Morgan fingerprint density at radius 2 is 2.00 bits per heavy atom. The SMILES string of the molecule is Cl.Nc1ncc(CNCC(c2ccccc2)N2CCOCC2)s1. The monoisotopic (exact) mass is 354 g/mol. The fourth-order valence-corrected chi connectivity index (χ4v) is 3.41. The molecule has 0 aliphatic carbocycles. The number of nitrogens with two attached hydrogens (primary N) is 1. The maximum absolute atomic E-state index is 5.68. The molecule has 2 heterocycles. The average Bonchev–Trinajstić information content (AvgIpc) is 2.99. The van der Waals surface area contributed by atoms with Crippen molar-refractivity contribution in [2.75, 3.05) is 38.6 Å². The van der Waals surface area contributed by atoms with E-state index in [1.165, 1.54) is 10.4 Å². The molecule has 0 saturated carbocycles. The second-order valence-corrected chi connectivity index (χ2v) is 6.52. The molecule has 1 aromatic heterocycles. The van der Waals surface area contributed by atoms with Crippen molar-refractivity contribution in [1.82, 2.24) is 15.2 Å². The molecule has 1 aliphatic heterocycles. The van der Waals surface area contributed by atoms with Gasteiger partial charge in [-0.3, -0.25) is 4.90 Å². The van der Waals surface area contributed by atoms with E-state index >= 15 is 0 Å². The van der Waals surface area contributed by atoms with Crippen molar-refractivity contribution in [2.24, 2.45) is 0 Å². The minimum atomic E-state index is 0. The van der Waals surface area contributed by atoms with Gasteiger partial charge in [-0.25, -0.2) is 4.98 Å². The molecule has 7 heteroatoms. The first kappa shape index (κ1) is 18.2. The largest absolute Gasteiger partial charge is 0.379 e. The molecule has 1 aromatic carbocycles. The Hall–Kier alpha value is -1.18. The smallest absolute Gasteiger partial charge is 0.180 e. The maximum Gasteiger partial charge on any atom is 0.180 e. The summed E-state index contributed by atoms with van der Waals surface area (Å²) < 4.78 is 5.48. The molecular formula is C16H23ClN4OS. The van der Waals surface area contributed by atoms with Crippen LogP contribution in [0, 0.1) is 0 Å². The van der Waals surface area contributed by atoms with Crippen LogP contribution >= 0.6 is 23.7 Å². The Labute approximate surface area is 147 Å². The molecule has 1 atom stereocenters. The fraction of sp³-hybridized carbons (Fsp3) is 0.438. The van der Waals surface area contributed by atoms with Crippen LogP contribution in [0.5, 0.6) is 0 Å². The summed E-state index contributed by atoms with van der Waals surface area (Å²) in [5.74, 6) is 0. The first-order chi connectivity index (χ1) is 10.8. The molecule has 126 valence electrons. The van der Waals surface area contributed by atoms with Crippen molar-refractivity contribution in [1.29, 1.82) is 0 Å². The van der Waals surface area contributed by atoms with Gasteiger partial charge in [0.15, 0.2) is 5.13 Å². The molecule has 5 nitrogen and oxygen atoms in total. The highest BCUT2D eigenvalue weighted by molar-refractivity contribution is 7.15. The van der Waals surface area contributed by atoms with E-state index in [4.69, 9.17) is 10.5 Å². The molecule has 3 rings (SSSR count). The predicted octanol–water partition coefficient (Wildman–Crippen LogP) is 2.31. The van der Waals surface area contributed by atoms with E-state index in [0.717, 1.165) is 39.4 Å². The standard InChI is InChI=1S/C16H22N4OS.ClH/c17-16-19-11-14(22-16)10-18-12-15(13-4-2-1-3-5-13)20-6-8-21-9-7-20;/h1-5,11,15,18H,6-10,12H2,(H2,17,19);1H. The third-order valence-electron chi connectivity index (χ3n) is 3.88. The number of thiazole rings is 1. The number of nitrogens with zero attached hydrogens (tertiary/aromatic N) is 2. The summed E-state index contributed by atoms with van der Waals surface area (Å²) in [5, 5.41) is 4.17. The van der Waals surface area contributed by atoms with Crippen molar-refractivity contribution in [3.63, 3.8) is 0 Å². The molecule has 2 aromatic rings. The summed E-state index contributed by atoms with van der Waals surface area (Å²) in [6.07, 6.45) is 1.85. The van der Waals surface area contributed by atoms with Crippen LogP contribution in [0.3, 0.4) is 0 Å². The highest BCUT2D eigenvalue weighted by Gasteiger charge is 2.22. The highest BCUT2D eigenvalue weighted by Crippen LogP contribution is 2.21. The highest BCUT2D eigenvalue weighted by atomic mass is 35.5. The zero-order valence-electron chi connectivity index (χ0n) is 13.0. The van der Waals surface area contributed by atoms with Crippen LogP contribution in [-0.2, 0) is 11.3 Å². The van der Waals surface area contributed by atoms with Gasteiger partial charge in [0.2, 0.25) is 0 Å². The molecular weight excluding hydrogens is 332 g/mol. The topological polar surface area (TPSA) is 63.4 Å². The van der Waals surface area contributed by atoms with Gasteiger partial charge in [-0.15, -0.1) is 23.7 Å². The molecule has 23 heavy (non-hydrogen) atoms. The molecule has 1 unspecified atom stereocenters. The number of rotatable bonds is 6. The number of nitrogen functional groups attached to an aromatic ring is 1. The van der Waals surface area contributed by atoms with E-state index in [2.05, 4.69) is 45.5 Å². The van der Waals surface area contributed by atoms with Crippen LogP contribution in [0.15, 0.2) is 36.5 Å². The van der Waals surface area contributed by atoms with Crippen LogP contribution in [0.4, 0.5) is 5.13 Å². The van der Waals surface area contributed by atoms with Crippen molar-refractivity contribution in [3.05, 3.63) is 47.0 Å². The summed E-state index contributed by atoms with van der Waals surface area (Å²) in [6, 6.07) is 11.0. The lowest BCUT2D eigenvalue weighted by Crippen LogP contribution is -2.42. The maximum atomic E-state index is 5.68. The number of morpholine rings is 1. The summed E-state index contributed by atoms with van der Waals surface area (Å²) in [4.78, 5) is 7.76. The third-order valence-corrected chi connectivity index (χ3v) is 4.71. The number of halogens is 1. The van der Waals surface area contributed by atoms with Gasteiger partial charge < -0.3 is 15.8 Å². The van der Waals surface area contributed by atoms with E-state index in [1.54, 1.807) is 11.3 Å². The summed E-state index contributed by atoms with van der Waals surface area (Å²) >= 11 is 1.54. The zero-order chi connectivity index (χ0) is 15.2. The van der Waals surface area contributed by atoms with Crippen molar-refractivity contribution < 1.29 is 4.74 Å². The van der Waals surface area contributed by atoms with Crippen LogP contribution in [0.2, 0.25) is 0 Å². The van der Waals surface area contributed by atoms with Crippen LogP contribution in [0.1, 0.15) is 16.5 Å². The zero-order valence-corrected chi connectivity index (χ0v) is 14.6. The van der Waals surface area contributed by atoms with Gasteiger partial charge in [-0.2, -0.15) is 0 Å². The Balaban J connectivity index is 0.00000192. The van der Waals surface area contributed by atoms with Crippen LogP contribution in [0.25, 0.3) is 0 Å². The predicted molar refractivity (Wildman–Crippen MR) is 97.1 cm³/mol. The second kappa shape index (κ2) is 9.20. The van der Waals surface area contributed by atoms with Gasteiger partial charge in [0.25, 0.3) is 0 Å². The molecule has 0 bridgehead atoms. The minimum absolute atomic E-state index is 0. The lowest BCUT2D eigenvalue weighted by molar-refractivity contribution is 0.0161.